The SMILES string of the molecule is CC.CC.Cc1cc2c(c(C)c1O)C(N)CC1(CCC1)S2. The standard InChI is InChI=1S/C14H19NOS.2C2H6/c1-8-6-11-12(9(2)13(8)16)10(15)7-14(17-11)4-3-5-14;2*1-2/h6,10,16H,3-5,7,15H2,1-2H3;2*1-2H3. The molecule has 120 valence electrons. The van der Waals surface area contributed by atoms with E-state index in [4.69, 9.17) is 5.73 Å². The molecule has 1 unspecified atom stereocenters. The van der Waals surface area contributed by atoms with Crippen molar-refractivity contribution in [3.63, 3.8) is 0 Å². The van der Waals surface area contributed by atoms with Crippen molar-refractivity contribution >= 4 is 11.8 Å². The van der Waals surface area contributed by atoms with E-state index in [1.807, 2.05) is 53.3 Å². The van der Waals surface area contributed by atoms with Crippen molar-refractivity contribution in [2.45, 2.75) is 82.9 Å². The second-order valence-corrected chi connectivity index (χ2v) is 7.04. The van der Waals surface area contributed by atoms with Gasteiger partial charge in [0.2, 0.25) is 0 Å². The lowest BCUT2D eigenvalue weighted by atomic mass is 9.77. The van der Waals surface area contributed by atoms with E-state index in [0.29, 0.717) is 10.5 Å². The van der Waals surface area contributed by atoms with Crippen molar-refractivity contribution in [1.29, 1.82) is 0 Å². The Bertz CT molecular complexity index is 481. The first-order valence-electron chi connectivity index (χ1n) is 8.30. The molecule has 0 saturated heterocycles. The average molecular weight is 310 g/mol. The van der Waals surface area contributed by atoms with Crippen LogP contribution in [0, 0.1) is 13.8 Å². The molecule has 3 N–H and O–H groups in total. The molecule has 1 aliphatic heterocycles. The van der Waals surface area contributed by atoms with Crippen molar-refractivity contribution in [2.75, 3.05) is 0 Å². The predicted molar refractivity (Wildman–Crippen MR) is 94.3 cm³/mol. The zero-order valence-corrected chi connectivity index (χ0v) is 15.2. The van der Waals surface area contributed by atoms with E-state index in [1.54, 1.807) is 0 Å². The Hall–Kier alpha value is -0.670. The maximum absolute atomic E-state index is 10.0. The van der Waals surface area contributed by atoms with E-state index in [-0.39, 0.29) is 6.04 Å². The van der Waals surface area contributed by atoms with E-state index in [1.165, 1.54) is 29.7 Å². The van der Waals surface area contributed by atoms with Crippen LogP contribution in [0.2, 0.25) is 0 Å². The van der Waals surface area contributed by atoms with Crippen LogP contribution < -0.4 is 5.73 Å². The molecule has 0 radical (unpaired) electrons. The molecule has 1 fully saturated rings. The fourth-order valence-electron chi connectivity index (χ4n) is 3.15. The molecule has 2 aliphatic rings. The summed E-state index contributed by atoms with van der Waals surface area (Å²) in [5.74, 6) is 0.421. The van der Waals surface area contributed by atoms with Crippen LogP contribution >= 0.6 is 11.8 Å². The molecule has 3 heteroatoms. The summed E-state index contributed by atoms with van der Waals surface area (Å²) in [4.78, 5) is 1.30. The van der Waals surface area contributed by atoms with Gasteiger partial charge in [-0.05, 0) is 55.9 Å². The normalized spacial score (nSPS) is 21.2. The minimum atomic E-state index is 0.0954. The van der Waals surface area contributed by atoms with Crippen molar-refractivity contribution in [1.82, 2.24) is 0 Å². The molecule has 2 nitrogen and oxygen atoms in total. The molecule has 1 aliphatic carbocycles. The third-order valence-corrected chi connectivity index (χ3v) is 5.87. The summed E-state index contributed by atoms with van der Waals surface area (Å²) in [6.45, 7) is 12.0. The van der Waals surface area contributed by atoms with Gasteiger partial charge in [-0.15, -0.1) is 11.8 Å². The lowest BCUT2D eigenvalue weighted by molar-refractivity contribution is 0.313. The number of hydrogen-bond acceptors (Lipinski definition) is 3. The summed E-state index contributed by atoms with van der Waals surface area (Å²) in [5.41, 5.74) is 9.45. The van der Waals surface area contributed by atoms with Crippen molar-refractivity contribution in [3.8, 4) is 5.75 Å². The maximum atomic E-state index is 10.0. The van der Waals surface area contributed by atoms with Gasteiger partial charge in [0.05, 0.1) is 0 Å². The predicted octanol–water partition coefficient (Wildman–Crippen LogP) is 5.48. The van der Waals surface area contributed by atoms with Crippen LogP contribution in [0.25, 0.3) is 0 Å². The minimum absolute atomic E-state index is 0.0954. The number of aromatic hydroxyl groups is 1. The second kappa shape index (κ2) is 7.55. The first-order valence-corrected chi connectivity index (χ1v) is 9.12. The molecule has 1 heterocycles. The summed E-state index contributed by atoms with van der Waals surface area (Å²) >= 11 is 2.00. The zero-order chi connectivity index (χ0) is 16.2. The van der Waals surface area contributed by atoms with Crippen LogP contribution in [0.3, 0.4) is 0 Å². The molecule has 1 saturated carbocycles. The maximum Gasteiger partial charge on any atom is 0.121 e. The molecule has 0 amide bonds. The van der Waals surface area contributed by atoms with Gasteiger partial charge in [0.25, 0.3) is 0 Å². The molecule has 1 atom stereocenters. The van der Waals surface area contributed by atoms with E-state index in [0.717, 1.165) is 17.5 Å². The molecule has 3 rings (SSSR count). The Balaban J connectivity index is 0.000000510. The van der Waals surface area contributed by atoms with E-state index in [9.17, 15) is 5.11 Å². The Labute approximate surface area is 134 Å². The number of phenolic OH excluding ortho intramolecular Hbond substituents is 1. The average Bonchev–Trinajstić information content (AvgIpc) is 2.47. The highest BCUT2D eigenvalue weighted by molar-refractivity contribution is 8.00. The topological polar surface area (TPSA) is 46.2 Å². The van der Waals surface area contributed by atoms with E-state index in [2.05, 4.69) is 6.07 Å². The van der Waals surface area contributed by atoms with Crippen molar-refractivity contribution in [2.24, 2.45) is 5.73 Å². The summed E-state index contributed by atoms with van der Waals surface area (Å²) in [6.07, 6.45) is 4.99. The van der Waals surface area contributed by atoms with Gasteiger partial charge in [-0.3, -0.25) is 0 Å². The van der Waals surface area contributed by atoms with Gasteiger partial charge in [0.1, 0.15) is 5.75 Å². The third-order valence-electron chi connectivity index (χ3n) is 4.30. The molecule has 21 heavy (non-hydrogen) atoms. The van der Waals surface area contributed by atoms with Crippen LogP contribution in [0.5, 0.6) is 5.75 Å². The zero-order valence-electron chi connectivity index (χ0n) is 14.4. The number of fused-ring (bicyclic) bond motifs is 1. The lowest BCUT2D eigenvalue weighted by Crippen LogP contribution is -2.40. The molecule has 1 aromatic carbocycles. The largest absolute Gasteiger partial charge is 0.507 e. The van der Waals surface area contributed by atoms with Gasteiger partial charge in [-0.1, -0.05) is 34.1 Å². The van der Waals surface area contributed by atoms with Crippen molar-refractivity contribution < 1.29 is 5.11 Å². The van der Waals surface area contributed by atoms with Gasteiger partial charge in [-0.2, -0.15) is 0 Å². The number of rotatable bonds is 0. The molecule has 1 spiro atoms. The van der Waals surface area contributed by atoms with Gasteiger partial charge < -0.3 is 10.8 Å². The molecule has 0 bridgehead atoms. The van der Waals surface area contributed by atoms with Crippen LogP contribution in [0.15, 0.2) is 11.0 Å². The molecular weight excluding hydrogens is 278 g/mol. The van der Waals surface area contributed by atoms with Gasteiger partial charge in [-0.25, -0.2) is 0 Å². The quantitative estimate of drug-likeness (QED) is 0.667. The molecular formula is C18H31NOS. The Morgan fingerprint density at radius 1 is 1.19 bits per heavy atom. The fourth-order valence-corrected chi connectivity index (χ4v) is 5.02. The Morgan fingerprint density at radius 2 is 1.76 bits per heavy atom. The third kappa shape index (κ3) is 3.40. The Kier molecular flexibility index (Phi) is 6.61. The van der Waals surface area contributed by atoms with Gasteiger partial charge >= 0.3 is 0 Å². The first-order chi connectivity index (χ1) is 10.0. The number of phenols is 1. The summed E-state index contributed by atoms with van der Waals surface area (Å²) < 4.78 is 0.405. The van der Waals surface area contributed by atoms with Crippen LogP contribution in [0.1, 0.15) is 76.1 Å². The number of hydrogen-bond donors (Lipinski definition) is 2. The number of aryl methyl sites for hydroxylation is 1. The second-order valence-electron chi connectivity index (χ2n) is 5.53. The van der Waals surface area contributed by atoms with Crippen LogP contribution in [-0.4, -0.2) is 9.85 Å². The summed E-state index contributed by atoms with van der Waals surface area (Å²) in [6, 6.07) is 2.21. The van der Waals surface area contributed by atoms with Gasteiger partial charge in [0, 0.05) is 15.7 Å². The highest BCUT2D eigenvalue weighted by atomic mass is 32.2. The van der Waals surface area contributed by atoms with Crippen LogP contribution in [0.4, 0.5) is 0 Å². The minimum Gasteiger partial charge on any atom is -0.507 e. The number of nitrogens with two attached hydrogens (primary N) is 1. The Morgan fingerprint density at radius 3 is 2.24 bits per heavy atom. The summed E-state index contributed by atoms with van der Waals surface area (Å²) in [5, 5.41) is 10.0. The van der Waals surface area contributed by atoms with Gasteiger partial charge in [0.15, 0.2) is 0 Å². The highest BCUT2D eigenvalue weighted by Gasteiger charge is 2.44. The highest BCUT2D eigenvalue weighted by Crippen LogP contribution is 2.57. The smallest absolute Gasteiger partial charge is 0.121 e. The lowest BCUT2D eigenvalue weighted by Gasteiger charge is -2.47. The fraction of sp³-hybridized carbons (Fsp3) is 0.667. The first kappa shape index (κ1) is 18.4. The van der Waals surface area contributed by atoms with Crippen LogP contribution in [-0.2, 0) is 0 Å². The van der Waals surface area contributed by atoms with E-state index < -0.39 is 0 Å². The molecule has 0 aromatic heterocycles. The number of thioether (sulfide) groups is 1. The number of benzene rings is 1. The van der Waals surface area contributed by atoms with E-state index >= 15 is 0 Å². The summed E-state index contributed by atoms with van der Waals surface area (Å²) in [7, 11) is 0. The monoisotopic (exact) mass is 309 g/mol. The van der Waals surface area contributed by atoms with Crippen molar-refractivity contribution in [3.05, 3.63) is 22.8 Å². The molecule has 1 aromatic rings.